The van der Waals surface area contributed by atoms with Gasteiger partial charge in [-0.1, -0.05) is 27.7 Å². The summed E-state index contributed by atoms with van der Waals surface area (Å²) in [5, 5.41) is 1.20. The van der Waals surface area contributed by atoms with Crippen molar-refractivity contribution in [2.24, 2.45) is 5.73 Å². The minimum absolute atomic E-state index is 0.0671. The lowest BCUT2D eigenvalue weighted by Gasteiger charge is -2.24. The third-order valence-corrected chi connectivity index (χ3v) is 4.86. The number of nitrogens with two attached hydrogens (primary N) is 1. The Morgan fingerprint density at radius 2 is 1.82 bits per heavy atom. The van der Waals surface area contributed by atoms with Crippen LogP contribution < -0.4 is 5.73 Å². The molecule has 2 N–H and O–H groups in total. The second-order valence-electron chi connectivity index (χ2n) is 5.89. The smallest absolute Gasteiger partial charge is 0.103 e. The molecule has 1 rings (SSSR count). The molecule has 0 bridgehead atoms. The van der Waals surface area contributed by atoms with Gasteiger partial charge >= 0.3 is 0 Å². The van der Waals surface area contributed by atoms with Gasteiger partial charge in [0.15, 0.2) is 0 Å². The van der Waals surface area contributed by atoms with Gasteiger partial charge in [0, 0.05) is 21.6 Å². The highest BCUT2D eigenvalue weighted by molar-refractivity contribution is 7.98. The van der Waals surface area contributed by atoms with Gasteiger partial charge in [0.1, 0.15) is 5.01 Å². The van der Waals surface area contributed by atoms with Gasteiger partial charge in [-0.05, 0) is 19.6 Å². The molecular formula is C13H24N2S2. The SMILES string of the molecule is CCSCc1nc(C(C)(C)C)c(C(C)(C)N)s1. The van der Waals surface area contributed by atoms with Crippen LogP contribution in [-0.2, 0) is 16.7 Å². The second kappa shape index (κ2) is 5.29. The van der Waals surface area contributed by atoms with Gasteiger partial charge in [0.25, 0.3) is 0 Å². The maximum Gasteiger partial charge on any atom is 0.103 e. The summed E-state index contributed by atoms with van der Waals surface area (Å²) in [5.74, 6) is 2.13. The van der Waals surface area contributed by atoms with Crippen molar-refractivity contribution in [3.8, 4) is 0 Å². The van der Waals surface area contributed by atoms with E-state index < -0.39 is 0 Å². The summed E-state index contributed by atoms with van der Waals surface area (Å²) >= 11 is 3.69. The third kappa shape index (κ3) is 3.97. The molecule has 1 heterocycles. The minimum atomic E-state index is -0.296. The van der Waals surface area contributed by atoms with E-state index in [9.17, 15) is 0 Å². The van der Waals surface area contributed by atoms with E-state index in [4.69, 9.17) is 10.7 Å². The predicted octanol–water partition coefficient (Wildman–Crippen LogP) is 3.89. The Morgan fingerprint density at radius 3 is 2.18 bits per heavy atom. The van der Waals surface area contributed by atoms with Gasteiger partial charge in [-0.3, -0.25) is 0 Å². The number of thiazole rings is 1. The molecule has 98 valence electrons. The van der Waals surface area contributed by atoms with E-state index in [-0.39, 0.29) is 11.0 Å². The monoisotopic (exact) mass is 272 g/mol. The molecule has 0 aliphatic carbocycles. The third-order valence-electron chi connectivity index (χ3n) is 2.40. The zero-order valence-electron chi connectivity index (χ0n) is 11.8. The van der Waals surface area contributed by atoms with Crippen molar-refractivity contribution in [3.63, 3.8) is 0 Å². The van der Waals surface area contributed by atoms with E-state index in [2.05, 4.69) is 41.5 Å². The van der Waals surface area contributed by atoms with E-state index in [1.54, 1.807) is 11.3 Å². The van der Waals surface area contributed by atoms with Gasteiger partial charge < -0.3 is 5.73 Å². The number of thioether (sulfide) groups is 1. The summed E-state index contributed by atoms with van der Waals surface area (Å²) < 4.78 is 0. The summed E-state index contributed by atoms with van der Waals surface area (Å²) in [6.45, 7) is 12.9. The van der Waals surface area contributed by atoms with Crippen LogP contribution in [0.25, 0.3) is 0 Å². The van der Waals surface area contributed by atoms with Crippen molar-refractivity contribution in [1.82, 2.24) is 4.98 Å². The molecule has 0 saturated heterocycles. The van der Waals surface area contributed by atoms with Gasteiger partial charge in [-0.2, -0.15) is 11.8 Å². The molecule has 0 unspecified atom stereocenters. The summed E-state index contributed by atoms with van der Waals surface area (Å²) in [4.78, 5) is 6.04. The number of hydrogen-bond acceptors (Lipinski definition) is 4. The van der Waals surface area contributed by atoms with Crippen molar-refractivity contribution in [3.05, 3.63) is 15.6 Å². The Kier molecular flexibility index (Phi) is 4.67. The summed E-state index contributed by atoms with van der Waals surface area (Å²) in [7, 11) is 0. The molecule has 17 heavy (non-hydrogen) atoms. The number of aromatic nitrogens is 1. The molecule has 0 aliphatic heterocycles. The standard InChI is InChI=1S/C13H24N2S2/c1-7-16-8-9-15-10(12(2,3)4)11(17-9)13(5,6)14/h7-8,14H2,1-6H3. The molecule has 0 saturated carbocycles. The quantitative estimate of drug-likeness (QED) is 0.904. The maximum absolute atomic E-state index is 6.26. The Bertz CT molecular complexity index is 338. The summed E-state index contributed by atoms with van der Waals surface area (Å²) in [6, 6.07) is 0. The van der Waals surface area contributed by atoms with Crippen LogP contribution in [0, 0.1) is 0 Å². The number of hydrogen-bond donors (Lipinski definition) is 1. The van der Waals surface area contributed by atoms with Crippen molar-refractivity contribution in [2.75, 3.05) is 5.75 Å². The van der Waals surface area contributed by atoms with Crippen LogP contribution in [-0.4, -0.2) is 10.7 Å². The lowest BCUT2D eigenvalue weighted by Crippen LogP contribution is -2.31. The van der Waals surface area contributed by atoms with Crippen molar-refractivity contribution >= 4 is 23.1 Å². The molecule has 0 aliphatic rings. The average Bonchev–Trinajstić information content (AvgIpc) is 2.57. The van der Waals surface area contributed by atoms with Crippen LogP contribution in [0.4, 0.5) is 0 Å². The van der Waals surface area contributed by atoms with Gasteiger partial charge in [-0.25, -0.2) is 4.98 Å². The van der Waals surface area contributed by atoms with Gasteiger partial charge in [-0.15, -0.1) is 11.3 Å². The molecule has 0 radical (unpaired) electrons. The second-order valence-corrected chi connectivity index (χ2v) is 8.25. The minimum Gasteiger partial charge on any atom is -0.321 e. The van der Waals surface area contributed by atoms with Crippen LogP contribution in [0.3, 0.4) is 0 Å². The Balaban J connectivity index is 3.13. The lowest BCUT2D eigenvalue weighted by molar-refractivity contribution is 0.511. The molecule has 0 aromatic carbocycles. The fourth-order valence-corrected chi connectivity index (χ4v) is 3.57. The maximum atomic E-state index is 6.26. The molecule has 4 heteroatoms. The molecule has 2 nitrogen and oxygen atoms in total. The van der Waals surface area contributed by atoms with Crippen LogP contribution in [0.15, 0.2) is 0 Å². The predicted molar refractivity (Wildman–Crippen MR) is 79.9 cm³/mol. The zero-order valence-corrected chi connectivity index (χ0v) is 13.4. The molecule has 0 amide bonds. The van der Waals surface area contributed by atoms with Crippen LogP contribution in [0.5, 0.6) is 0 Å². The lowest BCUT2D eigenvalue weighted by atomic mass is 9.87. The van der Waals surface area contributed by atoms with Gasteiger partial charge in [0.05, 0.1) is 5.69 Å². The fraction of sp³-hybridized carbons (Fsp3) is 0.769. The first kappa shape index (κ1) is 15.0. The summed E-state index contributed by atoms with van der Waals surface area (Å²) in [5.41, 5.74) is 7.20. The largest absolute Gasteiger partial charge is 0.321 e. The molecule has 1 aromatic heterocycles. The van der Waals surface area contributed by atoms with E-state index >= 15 is 0 Å². The average molecular weight is 272 g/mol. The van der Waals surface area contributed by atoms with Crippen LogP contribution in [0.2, 0.25) is 0 Å². The van der Waals surface area contributed by atoms with E-state index in [1.165, 1.54) is 15.6 Å². The Hall–Kier alpha value is -0.0600. The van der Waals surface area contributed by atoms with Crippen molar-refractivity contribution < 1.29 is 0 Å². The first-order chi connectivity index (χ1) is 7.66. The Labute approximate surface area is 113 Å². The molecule has 0 atom stereocenters. The molecule has 0 fully saturated rings. The topological polar surface area (TPSA) is 38.9 Å². The van der Waals surface area contributed by atoms with E-state index in [0.29, 0.717) is 0 Å². The number of rotatable bonds is 4. The van der Waals surface area contributed by atoms with Crippen LogP contribution in [0.1, 0.15) is 57.1 Å². The van der Waals surface area contributed by atoms with Gasteiger partial charge in [0.2, 0.25) is 0 Å². The normalized spacial score (nSPS) is 13.1. The van der Waals surface area contributed by atoms with Crippen molar-refractivity contribution in [2.45, 2.75) is 58.2 Å². The molecule has 0 spiro atoms. The molecule has 1 aromatic rings. The highest BCUT2D eigenvalue weighted by Gasteiger charge is 2.29. The van der Waals surface area contributed by atoms with Crippen LogP contribution >= 0.6 is 23.1 Å². The highest BCUT2D eigenvalue weighted by atomic mass is 32.2. The first-order valence-corrected chi connectivity index (χ1v) is 8.00. The summed E-state index contributed by atoms with van der Waals surface area (Å²) in [6.07, 6.45) is 0. The Morgan fingerprint density at radius 1 is 1.24 bits per heavy atom. The highest BCUT2D eigenvalue weighted by Crippen LogP contribution is 2.36. The van der Waals surface area contributed by atoms with E-state index in [0.717, 1.165) is 11.5 Å². The van der Waals surface area contributed by atoms with E-state index in [1.807, 2.05) is 11.8 Å². The first-order valence-electron chi connectivity index (χ1n) is 6.03. The molecular weight excluding hydrogens is 248 g/mol. The zero-order chi connectivity index (χ0) is 13.3. The van der Waals surface area contributed by atoms with Crippen molar-refractivity contribution in [1.29, 1.82) is 0 Å². The number of nitrogens with zero attached hydrogens (tertiary/aromatic N) is 1. The fourth-order valence-electron chi connectivity index (χ4n) is 1.56.